The number of aryl methyl sites for hydroxylation is 1. The first kappa shape index (κ1) is 22.5. The molecule has 0 N–H and O–H groups in total. The lowest BCUT2D eigenvalue weighted by molar-refractivity contribution is -0.137. The van der Waals surface area contributed by atoms with Crippen LogP contribution in [-0.4, -0.2) is 66.2 Å². The third-order valence-electron chi connectivity index (χ3n) is 5.22. The number of hydrogen-bond acceptors (Lipinski definition) is 7. The van der Waals surface area contributed by atoms with Gasteiger partial charge in [0.2, 0.25) is 0 Å². The average molecular weight is 450 g/mol. The number of aromatic nitrogens is 2. The number of nitrogens with zero attached hydrogens (tertiary/aromatic N) is 4. The van der Waals surface area contributed by atoms with Crippen molar-refractivity contribution in [1.82, 2.24) is 14.6 Å². The highest BCUT2D eigenvalue weighted by molar-refractivity contribution is 5.82. The molecular weight excluding hydrogens is 424 g/mol. The number of para-hydroxylation sites is 1. The van der Waals surface area contributed by atoms with Crippen molar-refractivity contribution >= 4 is 23.0 Å². The molecule has 1 aromatic heterocycles. The molecular formula is C24H26N4O5. The van der Waals surface area contributed by atoms with E-state index in [0.29, 0.717) is 66.7 Å². The first-order valence-corrected chi connectivity index (χ1v) is 10.8. The van der Waals surface area contributed by atoms with Gasteiger partial charge in [-0.15, -0.1) is 0 Å². The molecule has 2 heterocycles. The number of carbonyl (C=O) groups is 1. The lowest BCUT2D eigenvalue weighted by Gasteiger charge is -2.26. The summed E-state index contributed by atoms with van der Waals surface area (Å²) in [7, 11) is 0. The fourth-order valence-corrected chi connectivity index (χ4v) is 3.53. The van der Waals surface area contributed by atoms with Crippen LogP contribution >= 0.6 is 0 Å². The van der Waals surface area contributed by atoms with Crippen LogP contribution in [-0.2, 0) is 9.53 Å². The standard InChI is InChI=1S/C24H26N4O5/c1-3-32-22-14-18(8-9-21(22)33-16-23(29)27-10-12-31-13-11-27)15-25-28-17(2)26-20-7-5-4-6-19(20)24(28)30/h4-9,14-15H,3,10-13,16H2,1-2H3/b25-15-. The Morgan fingerprint density at radius 1 is 1.15 bits per heavy atom. The summed E-state index contributed by atoms with van der Waals surface area (Å²) < 4.78 is 18.0. The van der Waals surface area contributed by atoms with Crippen molar-refractivity contribution < 1.29 is 19.0 Å². The predicted octanol–water partition coefficient (Wildman–Crippen LogP) is 2.22. The van der Waals surface area contributed by atoms with E-state index in [-0.39, 0.29) is 18.1 Å². The Morgan fingerprint density at radius 3 is 2.73 bits per heavy atom. The minimum atomic E-state index is -0.235. The number of ether oxygens (including phenoxy) is 3. The Labute approximate surface area is 191 Å². The van der Waals surface area contributed by atoms with E-state index < -0.39 is 0 Å². The van der Waals surface area contributed by atoms with Crippen LogP contribution in [0.15, 0.2) is 52.4 Å². The van der Waals surface area contributed by atoms with Crippen LogP contribution in [0.25, 0.3) is 10.9 Å². The fourth-order valence-electron chi connectivity index (χ4n) is 3.53. The number of benzene rings is 2. The van der Waals surface area contributed by atoms with E-state index >= 15 is 0 Å². The van der Waals surface area contributed by atoms with Gasteiger partial charge in [-0.25, -0.2) is 4.98 Å². The Kier molecular flexibility index (Phi) is 6.99. The number of rotatable bonds is 7. The summed E-state index contributed by atoms with van der Waals surface area (Å²) >= 11 is 0. The molecule has 9 heteroatoms. The SMILES string of the molecule is CCOc1cc(/C=N\n2c(C)nc3ccccc3c2=O)ccc1OCC(=O)N1CCOCC1. The molecule has 1 aliphatic rings. The maximum Gasteiger partial charge on any atom is 0.282 e. The van der Waals surface area contributed by atoms with Crippen LogP contribution in [0.4, 0.5) is 0 Å². The number of morpholine rings is 1. The summed E-state index contributed by atoms with van der Waals surface area (Å²) in [4.78, 5) is 31.3. The smallest absolute Gasteiger partial charge is 0.282 e. The molecule has 172 valence electrons. The Balaban J connectivity index is 1.52. The largest absolute Gasteiger partial charge is 0.490 e. The molecule has 0 radical (unpaired) electrons. The van der Waals surface area contributed by atoms with Crippen molar-refractivity contribution in [2.45, 2.75) is 13.8 Å². The van der Waals surface area contributed by atoms with Crippen LogP contribution < -0.4 is 15.0 Å². The highest BCUT2D eigenvalue weighted by atomic mass is 16.5. The number of hydrogen-bond donors (Lipinski definition) is 0. The van der Waals surface area contributed by atoms with Gasteiger partial charge in [0, 0.05) is 13.1 Å². The molecule has 0 bridgehead atoms. The molecule has 1 amide bonds. The highest BCUT2D eigenvalue weighted by Gasteiger charge is 2.18. The molecule has 0 aliphatic carbocycles. The summed E-state index contributed by atoms with van der Waals surface area (Å²) in [6, 6.07) is 12.4. The fraction of sp³-hybridized carbons (Fsp3) is 0.333. The van der Waals surface area contributed by atoms with E-state index in [0.717, 1.165) is 0 Å². The van der Waals surface area contributed by atoms with Crippen LogP contribution in [0.3, 0.4) is 0 Å². The molecule has 1 saturated heterocycles. The van der Waals surface area contributed by atoms with Gasteiger partial charge in [0.1, 0.15) is 5.82 Å². The third-order valence-corrected chi connectivity index (χ3v) is 5.22. The van der Waals surface area contributed by atoms with Gasteiger partial charge in [0.05, 0.1) is 36.9 Å². The third kappa shape index (κ3) is 5.20. The molecule has 0 atom stereocenters. The normalized spacial score (nSPS) is 14.1. The van der Waals surface area contributed by atoms with Crippen molar-refractivity contribution in [3.05, 3.63) is 64.2 Å². The van der Waals surface area contributed by atoms with E-state index in [1.54, 1.807) is 54.4 Å². The molecule has 1 fully saturated rings. The van der Waals surface area contributed by atoms with Crippen LogP contribution in [0.2, 0.25) is 0 Å². The van der Waals surface area contributed by atoms with Crippen molar-refractivity contribution in [1.29, 1.82) is 0 Å². The highest BCUT2D eigenvalue weighted by Crippen LogP contribution is 2.28. The number of amides is 1. The van der Waals surface area contributed by atoms with Crippen molar-refractivity contribution in [3.63, 3.8) is 0 Å². The molecule has 4 rings (SSSR count). The van der Waals surface area contributed by atoms with Crippen molar-refractivity contribution in [2.24, 2.45) is 5.10 Å². The van der Waals surface area contributed by atoms with Gasteiger partial charge in [-0.2, -0.15) is 9.78 Å². The lowest BCUT2D eigenvalue weighted by atomic mass is 10.2. The number of carbonyl (C=O) groups excluding carboxylic acids is 1. The second-order valence-electron chi connectivity index (χ2n) is 7.46. The summed E-state index contributed by atoms with van der Waals surface area (Å²) in [5.74, 6) is 1.36. The van der Waals surface area contributed by atoms with E-state index in [9.17, 15) is 9.59 Å². The summed E-state index contributed by atoms with van der Waals surface area (Å²) in [6.07, 6.45) is 1.57. The maximum absolute atomic E-state index is 12.8. The van der Waals surface area contributed by atoms with E-state index in [2.05, 4.69) is 10.1 Å². The molecule has 1 aliphatic heterocycles. The van der Waals surface area contributed by atoms with Gasteiger partial charge < -0.3 is 19.1 Å². The summed E-state index contributed by atoms with van der Waals surface area (Å²) in [5, 5.41) is 4.84. The van der Waals surface area contributed by atoms with E-state index in [4.69, 9.17) is 14.2 Å². The second-order valence-corrected chi connectivity index (χ2v) is 7.46. The van der Waals surface area contributed by atoms with E-state index in [1.807, 2.05) is 13.0 Å². The zero-order chi connectivity index (χ0) is 23.2. The minimum Gasteiger partial charge on any atom is -0.490 e. The van der Waals surface area contributed by atoms with Crippen LogP contribution in [0.1, 0.15) is 18.3 Å². The van der Waals surface area contributed by atoms with Gasteiger partial charge in [0.15, 0.2) is 18.1 Å². The summed E-state index contributed by atoms with van der Waals surface area (Å²) in [5.41, 5.74) is 1.11. The minimum absolute atomic E-state index is 0.0785. The van der Waals surface area contributed by atoms with E-state index in [1.165, 1.54) is 4.68 Å². The molecule has 0 unspecified atom stereocenters. The monoisotopic (exact) mass is 450 g/mol. The first-order chi connectivity index (χ1) is 16.1. The zero-order valence-electron chi connectivity index (χ0n) is 18.7. The lowest BCUT2D eigenvalue weighted by Crippen LogP contribution is -2.43. The number of fused-ring (bicyclic) bond motifs is 1. The molecule has 2 aromatic carbocycles. The molecule has 33 heavy (non-hydrogen) atoms. The maximum atomic E-state index is 12.8. The van der Waals surface area contributed by atoms with Gasteiger partial charge in [0.25, 0.3) is 11.5 Å². The Hall–Kier alpha value is -3.72. The topological polar surface area (TPSA) is 95.2 Å². The Bertz CT molecular complexity index is 1230. The van der Waals surface area contributed by atoms with Gasteiger partial charge in [-0.3, -0.25) is 9.59 Å². The van der Waals surface area contributed by atoms with Crippen molar-refractivity contribution in [2.75, 3.05) is 39.5 Å². The Morgan fingerprint density at radius 2 is 1.94 bits per heavy atom. The van der Waals surface area contributed by atoms with Crippen LogP contribution in [0, 0.1) is 6.92 Å². The quantitative estimate of drug-likeness (QED) is 0.513. The molecule has 0 saturated carbocycles. The molecule has 3 aromatic rings. The first-order valence-electron chi connectivity index (χ1n) is 10.8. The van der Waals surface area contributed by atoms with Crippen molar-refractivity contribution in [3.8, 4) is 11.5 Å². The van der Waals surface area contributed by atoms with Gasteiger partial charge in [-0.05, 0) is 49.7 Å². The van der Waals surface area contributed by atoms with Crippen LogP contribution in [0.5, 0.6) is 11.5 Å². The zero-order valence-corrected chi connectivity index (χ0v) is 18.7. The second kappa shape index (κ2) is 10.3. The molecule has 9 nitrogen and oxygen atoms in total. The van der Waals surface area contributed by atoms with Gasteiger partial charge in [-0.1, -0.05) is 12.1 Å². The molecule has 0 spiro atoms. The predicted molar refractivity (Wildman–Crippen MR) is 124 cm³/mol. The summed E-state index contributed by atoms with van der Waals surface area (Å²) in [6.45, 7) is 6.17. The average Bonchev–Trinajstić information content (AvgIpc) is 2.84. The van der Waals surface area contributed by atoms with Gasteiger partial charge >= 0.3 is 0 Å².